The van der Waals surface area contributed by atoms with Gasteiger partial charge in [-0.2, -0.15) is 10.2 Å². The molecule has 2 heterocycles. The molecule has 2 aromatic heterocycles. The van der Waals surface area contributed by atoms with Gasteiger partial charge in [0.25, 0.3) is 5.91 Å². The van der Waals surface area contributed by atoms with Gasteiger partial charge < -0.3 is 0 Å². The van der Waals surface area contributed by atoms with Gasteiger partial charge in [-0.05, 0) is 23.8 Å². The van der Waals surface area contributed by atoms with E-state index >= 15 is 0 Å². The molecule has 0 spiro atoms. The zero-order valence-corrected chi connectivity index (χ0v) is 16.8. The first-order chi connectivity index (χ1) is 13.8. The summed E-state index contributed by atoms with van der Waals surface area (Å²) >= 11 is 4.22. The van der Waals surface area contributed by atoms with Crippen LogP contribution < -0.4 is 5.43 Å². The van der Waals surface area contributed by atoms with Crippen molar-refractivity contribution in [2.45, 2.75) is 6.54 Å². The van der Waals surface area contributed by atoms with Crippen LogP contribution in [0.1, 0.15) is 20.9 Å². The fourth-order valence-electron chi connectivity index (χ4n) is 2.33. The Bertz CT molecular complexity index is 1120. The summed E-state index contributed by atoms with van der Waals surface area (Å²) in [5.74, 6) is -0.869. The van der Waals surface area contributed by atoms with Gasteiger partial charge >= 0.3 is 10.7 Å². The number of hydrogen-bond acceptors (Lipinski definition) is 8. The molecular formula is C16H11BrN6O5S. The SMILES string of the molecule is O=C(N/N=C\c1ccc([N+](=O)[O-])s1)c1nn(Cc2cccc(Br)c2)cc1[N+](=O)[O-]. The Balaban J connectivity index is 1.74. The molecule has 3 aromatic rings. The monoisotopic (exact) mass is 478 g/mol. The van der Waals surface area contributed by atoms with Crippen molar-refractivity contribution in [3.8, 4) is 0 Å². The second-order valence-electron chi connectivity index (χ2n) is 5.58. The van der Waals surface area contributed by atoms with Gasteiger partial charge in [-0.25, -0.2) is 5.43 Å². The van der Waals surface area contributed by atoms with Gasteiger partial charge in [-0.1, -0.05) is 39.4 Å². The molecule has 1 aromatic carbocycles. The lowest BCUT2D eigenvalue weighted by molar-refractivity contribution is -0.385. The molecule has 0 aliphatic carbocycles. The van der Waals surface area contributed by atoms with Crippen LogP contribution in [0.3, 0.4) is 0 Å². The molecule has 0 unspecified atom stereocenters. The number of amides is 1. The van der Waals surface area contributed by atoms with Crippen LogP contribution in [0.4, 0.5) is 10.7 Å². The summed E-state index contributed by atoms with van der Waals surface area (Å²) in [5, 5.41) is 29.5. The summed E-state index contributed by atoms with van der Waals surface area (Å²) in [4.78, 5) is 33.4. The summed E-state index contributed by atoms with van der Waals surface area (Å²) in [6.07, 6.45) is 2.38. The Morgan fingerprint density at radius 3 is 2.72 bits per heavy atom. The first-order valence-electron chi connectivity index (χ1n) is 7.87. The summed E-state index contributed by atoms with van der Waals surface area (Å²) in [5.41, 5.74) is 2.13. The smallest absolute Gasteiger partial charge is 0.265 e. The number of hydrogen-bond donors (Lipinski definition) is 1. The van der Waals surface area contributed by atoms with Crippen molar-refractivity contribution < 1.29 is 14.6 Å². The van der Waals surface area contributed by atoms with Gasteiger partial charge in [-0.3, -0.25) is 29.7 Å². The van der Waals surface area contributed by atoms with E-state index < -0.39 is 21.4 Å². The Labute approximate surface area is 175 Å². The van der Waals surface area contributed by atoms with Gasteiger partial charge in [0.05, 0.1) is 27.5 Å². The minimum Gasteiger partial charge on any atom is -0.265 e. The van der Waals surface area contributed by atoms with E-state index in [1.54, 1.807) is 0 Å². The highest BCUT2D eigenvalue weighted by Crippen LogP contribution is 2.22. The van der Waals surface area contributed by atoms with Crippen LogP contribution in [0.2, 0.25) is 0 Å². The minimum atomic E-state index is -0.869. The van der Waals surface area contributed by atoms with Crippen molar-refractivity contribution >= 4 is 50.1 Å². The molecule has 0 saturated heterocycles. The number of aromatic nitrogens is 2. The van der Waals surface area contributed by atoms with Gasteiger partial charge in [0, 0.05) is 10.5 Å². The van der Waals surface area contributed by atoms with Gasteiger partial charge in [0.15, 0.2) is 0 Å². The number of thiophene rings is 1. The third kappa shape index (κ3) is 5.08. The molecular weight excluding hydrogens is 468 g/mol. The number of rotatable bonds is 7. The van der Waals surface area contributed by atoms with E-state index in [4.69, 9.17) is 0 Å². The number of halogens is 1. The van der Waals surface area contributed by atoms with Crippen LogP contribution in [0.5, 0.6) is 0 Å². The molecule has 13 heteroatoms. The maximum atomic E-state index is 12.3. The van der Waals surface area contributed by atoms with Crippen LogP contribution in [0.25, 0.3) is 0 Å². The first-order valence-corrected chi connectivity index (χ1v) is 9.48. The third-order valence-electron chi connectivity index (χ3n) is 3.54. The quantitative estimate of drug-likeness (QED) is 0.313. The molecule has 0 aliphatic heterocycles. The van der Waals surface area contributed by atoms with E-state index in [1.807, 2.05) is 24.3 Å². The van der Waals surface area contributed by atoms with E-state index in [9.17, 15) is 25.0 Å². The normalized spacial score (nSPS) is 10.9. The highest BCUT2D eigenvalue weighted by molar-refractivity contribution is 9.10. The third-order valence-corrected chi connectivity index (χ3v) is 5.00. The van der Waals surface area contributed by atoms with Crippen LogP contribution in [0, 0.1) is 20.2 Å². The Kier molecular flexibility index (Phi) is 6.09. The predicted molar refractivity (Wildman–Crippen MR) is 108 cm³/mol. The van der Waals surface area contributed by atoms with Crippen molar-refractivity contribution in [3.05, 3.63) is 83.4 Å². The van der Waals surface area contributed by atoms with Crippen LogP contribution in [-0.2, 0) is 6.54 Å². The highest BCUT2D eigenvalue weighted by atomic mass is 79.9. The van der Waals surface area contributed by atoms with E-state index in [0.29, 0.717) is 4.88 Å². The summed E-state index contributed by atoms with van der Waals surface area (Å²) in [6.45, 7) is 0.232. The molecule has 1 N–H and O–H groups in total. The van der Waals surface area contributed by atoms with Crippen LogP contribution in [0.15, 0.2) is 52.2 Å². The topological polar surface area (TPSA) is 146 Å². The van der Waals surface area contributed by atoms with Crippen molar-refractivity contribution in [1.29, 1.82) is 0 Å². The van der Waals surface area contributed by atoms with Crippen molar-refractivity contribution in [1.82, 2.24) is 15.2 Å². The average Bonchev–Trinajstić information content (AvgIpc) is 3.29. The van der Waals surface area contributed by atoms with Gasteiger partial charge in [0.2, 0.25) is 5.69 Å². The summed E-state index contributed by atoms with van der Waals surface area (Å²) < 4.78 is 2.14. The van der Waals surface area contributed by atoms with Gasteiger partial charge in [0.1, 0.15) is 6.20 Å². The second-order valence-corrected chi connectivity index (χ2v) is 7.59. The lowest BCUT2D eigenvalue weighted by atomic mass is 10.2. The number of carbonyl (C=O) groups excluding carboxylic acids is 1. The Morgan fingerprint density at radius 2 is 2.07 bits per heavy atom. The van der Waals surface area contributed by atoms with Gasteiger partial charge in [-0.15, -0.1) is 0 Å². The van der Waals surface area contributed by atoms with E-state index in [2.05, 4.69) is 31.6 Å². The molecule has 0 bridgehead atoms. The molecule has 1 amide bonds. The molecule has 0 aliphatic rings. The molecule has 0 radical (unpaired) electrons. The fraction of sp³-hybridized carbons (Fsp3) is 0.0625. The maximum absolute atomic E-state index is 12.3. The summed E-state index contributed by atoms with van der Waals surface area (Å²) in [7, 11) is 0. The molecule has 148 valence electrons. The number of nitrogens with zero attached hydrogens (tertiary/aromatic N) is 5. The van der Waals surface area contributed by atoms with Crippen LogP contribution in [-0.4, -0.2) is 31.7 Å². The number of nitrogens with one attached hydrogen (secondary N) is 1. The molecule has 0 atom stereocenters. The molecule has 29 heavy (non-hydrogen) atoms. The van der Waals surface area contributed by atoms with Crippen molar-refractivity contribution in [2.75, 3.05) is 0 Å². The first kappa shape index (κ1) is 20.3. The van der Waals surface area contributed by atoms with Crippen molar-refractivity contribution in [3.63, 3.8) is 0 Å². The van der Waals surface area contributed by atoms with E-state index in [0.717, 1.165) is 21.4 Å². The van der Waals surface area contributed by atoms with Crippen LogP contribution >= 0.6 is 27.3 Å². The predicted octanol–water partition coefficient (Wildman–Crippen LogP) is 3.34. The standard InChI is InChI=1S/C16H11BrN6O5S/c17-11-3-1-2-10(6-11)8-21-9-13(22(25)26)15(20-21)16(24)19-18-7-12-4-5-14(29-12)23(27)28/h1-7,9H,8H2,(H,19,24)/b18-7-. The zero-order chi connectivity index (χ0) is 21.0. The van der Waals surface area contributed by atoms with E-state index in [1.165, 1.54) is 29.2 Å². The zero-order valence-electron chi connectivity index (χ0n) is 14.4. The van der Waals surface area contributed by atoms with Crippen molar-refractivity contribution in [2.24, 2.45) is 5.10 Å². The summed E-state index contributed by atoms with van der Waals surface area (Å²) in [6, 6.07) is 10.1. The largest absolute Gasteiger partial charge is 0.324 e. The number of nitro groups is 2. The minimum absolute atomic E-state index is 0.0697. The average molecular weight is 479 g/mol. The maximum Gasteiger partial charge on any atom is 0.324 e. The lowest BCUT2D eigenvalue weighted by Gasteiger charge is -2.01. The lowest BCUT2D eigenvalue weighted by Crippen LogP contribution is -2.19. The number of benzene rings is 1. The van der Waals surface area contributed by atoms with E-state index in [-0.39, 0.29) is 17.2 Å². The fourth-order valence-corrected chi connectivity index (χ4v) is 3.47. The Morgan fingerprint density at radius 1 is 1.28 bits per heavy atom. The highest BCUT2D eigenvalue weighted by Gasteiger charge is 2.25. The second kappa shape index (κ2) is 8.70. The Hall–Kier alpha value is -3.45. The number of hydrazone groups is 1. The number of carbonyl (C=O) groups is 1. The molecule has 0 fully saturated rings. The molecule has 3 rings (SSSR count). The molecule has 0 saturated carbocycles. The molecule has 11 nitrogen and oxygen atoms in total.